The molecule has 0 spiro atoms. The van der Waals surface area contributed by atoms with E-state index < -0.39 is 0 Å². The second-order valence-electron chi connectivity index (χ2n) is 3.88. The van der Waals surface area contributed by atoms with Crippen LogP contribution >= 0.6 is 0 Å². The molecule has 1 atom stereocenters. The molecule has 1 aromatic heterocycles. The Kier molecular flexibility index (Phi) is 3.54. The van der Waals surface area contributed by atoms with Gasteiger partial charge in [0.05, 0.1) is 17.1 Å². The number of methoxy groups -OCH3 is 1. The van der Waals surface area contributed by atoms with Crippen LogP contribution in [0.4, 0.5) is 0 Å². The van der Waals surface area contributed by atoms with E-state index in [0.717, 1.165) is 36.3 Å². The monoisotopic (exact) mass is 219 g/mol. The zero-order valence-corrected chi connectivity index (χ0v) is 9.44. The van der Waals surface area contributed by atoms with Crippen LogP contribution in [0.5, 0.6) is 0 Å². The first-order valence-electron chi connectivity index (χ1n) is 5.50. The van der Waals surface area contributed by atoms with E-state index in [9.17, 15) is 0 Å². The van der Waals surface area contributed by atoms with E-state index in [1.807, 2.05) is 24.3 Å². The quantitative estimate of drug-likeness (QED) is 0.756. The molecule has 0 amide bonds. The average molecular weight is 219 g/mol. The highest BCUT2D eigenvalue weighted by molar-refractivity contribution is 5.74. The van der Waals surface area contributed by atoms with Gasteiger partial charge in [-0.3, -0.25) is 0 Å². The molecule has 16 heavy (non-hydrogen) atoms. The summed E-state index contributed by atoms with van der Waals surface area (Å²) in [6.07, 6.45) is 1.84. The number of aromatic amines is 1. The first kappa shape index (κ1) is 11.1. The SMILES string of the molecule is COCCCC(N)c1nc2ccccc2[nH]1. The Balaban J connectivity index is 2.07. The van der Waals surface area contributed by atoms with Crippen LogP contribution in [-0.4, -0.2) is 23.7 Å². The fourth-order valence-corrected chi connectivity index (χ4v) is 1.73. The van der Waals surface area contributed by atoms with E-state index >= 15 is 0 Å². The summed E-state index contributed by atoms with van der Waals surface area (Å²) in [4.78, 5) is 7.72. The van der Waals surface area contributed by atoms with Gasteiger partial charge in [0.1, 0.15) is 5.82 Å². The molecule has 0 saturated heterocycles. The van der Waals surface area contributed by atoms with Gasteiger partial charge >= 0.3 is 0 Å². The molecule has 4 heteroatoms. The summed E-state index contributed by atoms with van der Waals surface area (Å²) < 4.78 is 5.00. The first-order valence-corrected chi connectivity index (χ1v) is 5.50. The third-order valence-electron chi connectivity index (χ3n) is 2.62. The van der Waals surface area contributed by atoms with Crippen LogP contribution in [0.2, 0.25) is 0 Å². The number of rotatable bonds is 5. The Morgan fingerprint density at radius 2 is 2.25 bits per heavy atom. The summed E-state index contributed by atoms with van der Waals surface area (Å²) >= 11 is 0. The fourth-order valence-electron chi connectivity index (χ4n) is 1.73. The number of benzene rings is 1. The molecular formula is C12H17N3O. The van der Waals surface area contributed by atoms with Crippen LogP contribution in [0.3, 0.4) is 0 Å². The van der Waals surface area contributed by atoms with Crippen molar-refractivity contribution in [1.82, 2.24) is 9.97 Å². The standard InChI is InChI=1S/C12H17N3O/c1-16-8-4-5-9(13)12-14-10-6-2-3-7-11(10)15-12/h2-3,6-7,9H,4-5,8,13H2,1H3,(H,14,15). The van der Waals surface area contributed by atoms with Gasteiger partial charge in [0, 0.05) is 13.7 Å². The smallest absolute Gasteiger partial charge is 0.124 e. The Morgan fingerprint density at radius 3 is 3.00 bits per heavy atom. The Morgan fingerprint density at radius 1 is 1.44 bits per heavy atom. The third kappa shape index (κ3) is 2.40. The predicted octanol–water partition coefficient (Wildman–Crippen LogP) is 1.99. The number of nitrogens with two attached hydrogens (primary N) is 1. The van der Waals surface area contributed by atoms with Crippen molar-refractivity contribution in [1.29, 1.82) is 0 Å². The Labute approximate surface area is 94.8 Å². The molecule has 3 N–H and O–H groups in total. The van der Waals surface area contributed by atoms with E-state index in [-0.39, 0.29) is 6.04 Å². The number of imidazole rings is 1. The topological polar surface area (TPSA) is 63.9 Å². The fraction of sp³-hybridized carbons (Fsp3) is 0.417. The van der Waals surface area contributed by atoms with Crippen LogP contribution in [0.1, 0.15) is 24.7 Å². The van der Waals surface area contributed by atoms with Gasteiger partial charge in [-0.15, -0.1) is 0 Å². The lowest BCUT2D eigenvalue weighted by molar-refractivity contribution is 0.190. The van der Waals surface area contributed by atoms with Crippen LogP contribution in [0.15, 0.2) is 24.3 Å². The van der Waals surface area contributed by atoms with Crippen molar-refractivity contribution in [2.24, 2.45) is 5.73 Å². The molecule has 4 nitrogen and oxygen atoms in total. The number of fused-ring (bicyclic) bond motifs is 1. The third-order valence-corrected chi connectivity index (χ3v) is 2.62. The van der Waals surface area contributed by atoms with Gasteiger partial charge in [-0.1, -0.05) is 12.1 Å². The van der Waals surface area contributed by atoms with Gasteiger partial charge in [-0.25, -0.2) is 4.98 Å². The van der Waals surface area contributed by atoms with Crippen molar-refractivity contribution in [2.75, 3.05) is 13.7 Å². The summed E-state index contributed by atoms with van der Waals surface area (Å²) in [5, 5.41) is 0. The molecule has 1 unspecified atom stereocenters. The number of ether oxygens (including phenoxy) is 1. The minimum atomic E-state index is -0.0393. The van der Waals surface area contributed by atoms with E-state index in [4.69, 9.17) is 10.5 Å². The molecule has 86 valence electrons. The van der Waals surface area contributed by atoms with Crippen LogP contribution in [0.25, 0.3) is 11.0 Å². The number of para-hydroxylation sites is 2. The highest BCUT2D eigenvalue weighted by atomic mass is 16.5. The van der Waals surface area contributed by atoms with Gasteiger partial charge in [-0.05, 0) is 25.0 Å². The number of aromatic nitrogens is 2. The summed E-state index contributed by atoms with van der Waals surface area (Å²) in [6, 6.07) is 7.91. The molecule has 1 heterocycles. The second kappa shape index (κ2) is 5.09. The van der Waals surface area contributed by atoms with Crippen molar-refractivity contribution in [2.45, 2.75) is 18.9 Å². The van der Waals surface area contributed by atoms with Crippen molar-refractivity contribution >= 4 is 11.0 Å². The van der Waals surface area contributed by atoms with Gasteiger partial charge in [0.25, 0.3) is 0 Å². The lowest BCUT2D eigenvalue weighted by atomic mass is 10.1. The molecule has 0 radical (unpaired) electrons. The maximum Gasteiger partial charge on any atom is 0.124 e. The summed E-state index contributed by atoms with van der Waals surface area (Å²) in [5.74, 6) is 0.859. The highest BCUT2D eigenvalue weighted by Gasteiger charge is 2.10. The predicted molar refractivity (Wildman–Crippen MR) is 64.1 cm³/mol. The van der Waals surface area contributed by atoms with Crippen molar-refractivity contribution < 1.29 is 4.74 Å². The lowest BCUT2D eigenvalue weighted by Gasteiger charge is -2.07. The molecule has 0 aliphatic carbocycles. The number of hydrogen-bond donors (Lipinski definition) is 2. The zero-order valence-electron chi connectivity index (χ0n) is 9.44. The normalized spacial score (nSPS) is 13.1. The molecule has 0 saturated carbocycles. The van der Waals surface area contributed by atoms with Crippen LogP contribution in [0, 0.1) is 0 Å². The first-order chi connectivity index (χ1) is 7.81. The van der Waals surface area contributed by atoms with E-state index in [0.29, 0.717) is 0 Å². The molecular weight excluding hydrogens is 202 g/mol. The maximum atomic E-state index is 6.05. The highest BCUT2D eigenvalue weighted by Crippen LogP contribution is 2.17. The van der Waals surface area contributed by atoms with Crippen molar-refractivity contribution in [3.63, 3.8) is 0 Å². The zero-order chi connectivity index (χ0) is 11.4. The minimum absolute atomic E-state index is 0.0393. The molecule has 0 bridgehead atoms. The summed E-state index contributed by atoms with van der Waals surface area (Å²) in [5.41, 5.74) is 8.06. The molecule has 0 aliphatic heterocycles. The molecule has 2 rings (SSSR count). The average Bonchev–Trinajstić information content (AvgIpc) is 2.73. The second-order valence-corrected chi connectivity index (χ2v) is 3.88. The van der Waals surface area contributed by atoms with Gasteiger partial charge in [-0.2, -0.15) is 0 Å². The van der Waals surface area contributed by atoms with Crippen molar-refractivity contribution in [3.8, 4) is 0 Å². The van der Waals surface area contributed by atoms with E-state index in [1.54, 1.807) is 7.11 Å². The molecule has 0 fully saturated rings. The Hall–Kier alpha value is -1.39. The number of hydrogen-bond acceptors (Lipinski definition) is 3. The number of nitrogens with one attached hydrogen (secondary N) is 1. The van der Waals surface area contributed by atoms with Crippen molar-refractivity contribution in [3.05, 3.63) is 30.1 Å². The van der Waals surface area contributed by atoms with Crippen LogP contribution < -0.4 is 5.73 Å². The van der Waals surface area contributed by atoms with E-state index in [2.05, 4.69) is 9.97 Å². The van der Waals surface area contributed by atoms with E-state index in [1.165, 1.54) is 0 Å². The molecule has 0 aliphatic rings. The molecule has 2 aromatic rings. The van der Waals surface area contributed by atoms with Gasteiger partial charge in [0.2, 0.25) is 0 Å². The summed E-state index contributed by atoms with van der Waals surface area (Å²) in [7, 11) is 1.70. The molecule has 1 aromatic carbocycles. The Bertz CT molecular complexity index is 419. The lowest BCUT2D eigenvalue weighted by Crippen LogP contribution is -2.12. The summed E-state index contributed by atoms with van der Waals surface area (Å²) in [6.45, 7) is 0.744. The van der Waals surface area contributed by atoms with Gasteiger partial charge < -0.3 is 15.5 Å². The minimum Gasteiger partial charge on any atom is -0.385 e. The van der Waals surface area contributed by atoms with Crippen LogP contribution in [-0.2, 0) is 4.74 Å². The largest absolute Gasteiger partial charge is 0.385 e. The maximum absolute atomic E-state index is 6.05. The van der Waals surface area contributed by atoms with Gasteiger partial charge in [0.15, 0.2) is 0 Å². The number of H-pyrrole nitrogens is 1. The number of nitrogens with zero attached hydrogens (tertiary/aromatic N) is 1.